The molecule has 1 fully saturated rings. The lowest BCUT2D eigenvalue weighted by molar-refractivity contribution is -0.139. The number of nitrogens with zero attached hydrogens (tertiary/aromatic N) is 4. The third-order valence-corrected chi connectivity index (χ3v) is 4.28. The maximum atomic E-state index is 12.7. The first-order chi connectivity index (χ1) is 11.7. The first-order valence-corrected chi connectivity index (χ1v) is 8.10. The number of carbonyl (C=O) groups excluding carboxylic acids is 1. The molecule has 1 amide bonds. The molecule has 1 aliphatic rings. The van der Waals surface area contributed by atoms with E-state index in [9.17, 15) is 4.79 Å². The molecule has 0 spiro atoms. The van der Waals surface area contributed by atoms with Crippen molar-refractivity contribution >= 4 is 5.91 Å². The average Bonchev–Trinajstić information content (AvgIpc) is 3.16. The number of hydrogen-bond donors (Lipinski definition) is 0. The van der Waals surface area contributed by atoms with Crippen molar-refractivity contribution in [2.75, 3.05) is 13.1 Å². The van der Waals surface area contributed by atoms with Gasteiger partial charge in [-0.15, -0.1) is 0 Å². The molecule has 3 rings (SSSR count). The Bertz CT molecular complexity index is 736. The standard InChI is InChI=1S/C18H20N4O2/c1-14(24-17-6-2-4-15(10-17)11-19)18(23)21-8-3-5-16(12-21)22-9-7-20-13-22/h2,4,6-7,9-10,13-14,16H,3,5,8,12H2,1H3/t14-,16-/m1/s1. The maximum Gasteiger partial charge on any atom is 0.263 e. The van der Waals surface area contributed by atoms with E-state index in [2.05, 4.69) is 15.6 Å². The molecule has 6 heteroatoms. The maximum absolute atomic E-state index is 12.7. The fourth-order valence-electron chi connectivity index (χ4n) is 3.03. The highest BCUT2D eigenvalue weighted by molar-refractivity contribution is 5.81. The SMILES string of the molecule is C[C@@H](Oc1cccc(C#N)c1)C(=O)N1CCC[C@@H](n2ccnc2)C1. The normalized spacial score (nSPS) is 18.7. The summed E-state index contributed by atoms with van der Waals surface area (Å²) in [5, 5.41) is 8.94. The van der Waals surface area contributed by atoms with Gasteiger partial charge in [-0.1, -0.05) is 6.07 Å². The second-order valence-corrected chi connectivity index (χ2v) is 5.99. The number of ether oxygens (including phenoxy) is 1. The van der Waals surface area contributed by atoms with E-state index < -0.39 is 6.10 Å². The number of imidazole rings is 1. The summed E-state index contributed by atoms with van der Waals surface area (Å²) in [7, 11) is 0. The lowest BCUT2D eigenvalue weighted by Gasteiger charge is -2.34. The van der Waals surface area contributed by atoms with E-state index in [-0.39, 0.29) is 11.9 Å². The third kappa shape index (κ3) is 3.57. The average molecular weight is 324 g/mol. The van der Waals surface area contributed by atoms with Crippen LogP contribution in [0.15, 0.2) is 43.0 Å². The van der Waals surface area contributed by atoms with E-state index >= 15 is 0 Å². The zero-order valence-electron chi connectivity index (χ0n) is 13.6. The summed E-state index contributed by atoms with van der Waals surface area (Å²) < 4.78 is 7.79. The van der Waals surface area contributed by atoms with Gasteiger partial charge in [0.15, 0.2) is 6.10 Å². The second-order valence-electron chi connectivity index (χ2n) is 5.99. The van der Waals surface area contributed by atoms with Crippen LogP contribution in [0.3, 0.4) is 0 Å². The molecule has 2 aromatic rings. The first kappa shape index (κ1) is 16.1. The Morgan fingerprint density at radius 2 is 2.38 bits per heavy atom. The van der Waals surface area contributed by atoms with Gasteiger partial charge in [-0.3, -0.25) is 4.79 Å². The molecular weight excluding hydrogens is 304 g/mol. The number of carbonyl (C=O) groups is 1. The van der Waals surface area contributed by atoms with Crippen LogP contribution < -0.4 is 4.74 Å². The van der Waals surface area contributed by atoms with Crippen LogP contribution in [0.1, 0.15) is 31.4 Å². The molecule has 0 radical (unpaired) electrons. The molecule has 1 aliphatic heterocycles. The Labute approximate surface area is 141 Å². The molecule has 24 heavy (non-hydrogen) atoms. The molecule has 1 aromatic heterocycles. The van der Waals surface area contributed by atoms with Gasteiger partial charge in [-0.25, -0.2) is 4.98 Å². The van der Waals surface area contributed by atoms with Gasteiger partial charge >= 0.3 is 0 Å². The molecule has 124 valence electrons. The number of likely N-dealkylation sites (tertiary alicyclic amines) is 1. The predicted octanol–water partition coefficient (Wildman–Crippen LogP) is 2.39. The summed E-state index contributed by atoms with van der Waals surface area (Å²) in [5.41, 5.74) is 0.519. The summed E-state index contributed by atoms with van der Waals surface area (Å²) in [6, 6.07) is 9.20. The van der Waals surface area contributed by atoms with Crippen LogP contribution in [0, 0.1) is 11.3 Å². The first-order valence-electron chi connectivity index (χ1n) is 8.10. The topological polar surface area (TPSA) is 71.2 Å². The van der Waals surface area contributed by atoms with E-state index in [1.165, 1.54) is 0 Å². The van der Waals surface area contributed by atoms with Gasteiger partial charge in [-0.05, 0) is 38.0 Å². The summed E-state index contributed by atoms with van der Waals surface area (Å²) in [5.74, 6) is 0.514. The highest BCUT2D eigenvalue weighted by atomic mass is 16.5. The van der Waals surface area contributed by atoms with Gasteiger partial charge < -0.3 is 14.2 Å². The second kappa shape index (κ2) is 7.18. The predicted molar refractivity (Wildman–Crippen MR) is 88.3 cm³/mol. The lowest BCUT2D eigenvalue weighted by Crippen LogP contribution is -2.46. The summed E-state index contributed by atoms with van der Waals surface area (Å²) in [6.07, 6.45) is 6.91. The van der Waals surface area contributed by atoms with E-state index in [1.807, 2.05) is 11.1 Å². The molecule has 0 unspecified atom stereocenters. The number of benzene rings is 1. The molecule has 2 heterocycles. The molecule has 0 bridgehead atoms. The number of nitriles is 1. The largest absolute Gasteiger partial charge is 0.481 e. The van der Waals surface area contributed by atoms with Crippen LogP contribution in [-0.4, -0.2) is 39.6 Å². The molecule has 2 atom stereocenters. The van der Waals surface area contributed by atoms with E-state index in [0.29, 0.717) is 17.9 Å². The van der Waals surface area contributed by atoms with Crippen LogP contribution in [0.25, 0.3) is 0 Å². The van der Waals surface area contributed by atoms with Gasteiger partial charge in [0.05, 0.1) is 24.0 Å². The summed E-state index contributed by atoms with van der Waals surface area (Å²) in [6.45, 7) is 3.17. The fraction of sp³-hybridized carbons (Fsp3) is 0.389. The molecule has 0 N–H and O–H groups in total. The zero-order chi connectivity index (χ0) is 16.9. The van der Waals surface area contributed by atoms with E-state index in [1.54, 1.807) is 43.7 Å². The Hall–Kier alpha value is -2.81. The molecule has 1 saturated heterocycles. The van der Waals surface area contributed by atoms with Crippen LogP contribution >= 0.6 is 0 Å². The molecular formula is C18H20N4O2. The zero-order valence-corrected chi connectivity index (χ0v) is 13.6. The number of piperidine rings is 1. The van der Waals surface area contributed by atoms with E-state index in [0.717, 1.165) is 19.4 Å². The van der Waals surface area contributed by atoms with Crippen molar-refractivity contribution in [3.05, 3.63) is 48.5 Å². The van der Waals surface area contributed by atoms with Gasteiger partial charge in [0.2, 0.25) is 0 Å². The minimum Gasteiger partial charge on any atom is -0.481 e. The Morgan fingerprint density at radius 1 is 1.50 bits per heavy atom. The van der Waals surface area contributed by atoms with Crippen LogP contribution in [0.4, 0.5) is 0 Å². The Kier molecular flexibility index (Phi) is 4.80. The Morgan fingerprint density at radius 3 is 3.12 bits per heavy atom. The fourth-order valence-corrected chi connectivity index (χ4v) is 3.03. The highest BCUT2D eigenvalue weighted by Gasteiger charge is 2.28. The van der Waals surface area contributed by atoms with Crippen molar-refractivity contribution in [3.8, 4) is 11.8 Å². The summed E-state index contributed by atoms with van der Waals surface area (Å²) in [4.78, 5) is 18.6. The van der Waals surface area contributed by atoms with Crippen LogP contribution in [0.2, 0.25) is 0 Å². The molecule has 6 nitrogen and oxygen atoms in total. The van der Waals surface area contributed by atoms with Crippen LogP contribution in [0.5, 0.6) is 5.75 Å². The highest BCUT2D eigenvalue weighted by Crippen LogP contribution is 2.22. The van der Waals surface area contributed by atoms with Crippen molar-refractivity contribution in [2.24, 2.45) is 0 Å². The lowest BCUT2D eigenvalue weighted by atomic mass is 10.0. The van der Waals surface area contributed by atoms with Crippen molar-refractivity contribution in [1.82, 2.24) is 14.5 Å². The smallest absolute Gasteiger partial charge is 0.263 e. The third-order valence-electron chi connectivity index (χ3n) is 4.28. The van der Waals surface area contributed by atoms with Crippen molar-refractivity contribution in [2.45, 2.75) is 31.9 Å². The molecule has 1 aromatic carbocycles. The van der Waals surface area contributed by atoms with Gasteiger partial charge in [0.25, 0.3) is 5.91 Å². The van der Waals surface area contributed by atoms with Crippen LogP contribution in [-0.2, 0) is 4.79 Å². The number of amides is 1. The van der Waals surface area contributed by atoms with Gasteiger partial charge in [0.1, 0.15) is 5.75 Å². The Balaban J connectivity index is 1.63. The quantitative estimate of drug-likeness (QED) is 0.866. The van der Waals surface area contributed by atoms with E-state index in [4.69, 9.17) is 10.00 Å². The van der Waals surface area contributed by atoms with Crippen molar-refractivity contribution in [1.29, 1.82) is 5.26 Å². The molecule has 0 aliphatic carbocycles. The van der Waals surface area contributed by atoms with Crippen molar-refractivity contribution in [3.63, 3.8) is 0 Å². The van der Waals surface area contributed by atoms with Gasteiger partial charge in [0, 0.05) is 25.5 Å². The molecule has 0 saturated carbocycles. The number of aromatic nitrogens is 2. The monoisotopic (exact) mass is 324 g/mol. The number of rotatable bonds is 4. The van der Waals surface area contributed by atoms with Crippen molar-refractivity contribution < 1.29 is 9.53 Å². The minimum atomic E-state index is -0.583. The minimum absolute atomic E-state index is 0.0258. The summed E-state index contributed by atoms with van der Waals surface area (Å²) >= 11 is 0. The van der Waals surface area contributed by atoms with Gasteiger partial charge in [-0.2, -0.15) is 5.26 Å². The number of hydrogen-bond acceptors (Lipinski definition) is 4.